The van der Waals surface area contributed by atoms with E-state index in [2.05, 4.69) is 0 Å². The van der Waals surface area contributed by atoms with Gasteiger partial charge in [0.05, 0.1) is 13.7 Å². The fourth-order valence-electron chi connectivity index (χ4n) is 2.02. The van der Waals surface area contributed by atoms with Gasteiger partial charge < -0.3 is 15.2 Å². The Morgan fingerprint density at radius 2 is 1.81 bits per heavy atom. The van der Waals surface area contributed by atoms with E-state index in [-0.39, 0.29) is 6.04 Å². The highest BCUT2D eigenvalue weighted by Crippen LogP contribution is 2.29. The van der Waals surface area contributed by atoms with Crippen molar-refractivity contribution in [2.24, 2.45) is 5.73 Å². The molecule has 0 aliphatic carbocycles. The summed E-state index contributed by atoms with van der Waals surface area (Å²) in [7, 11) is 1.67. The smallest absolute Gasteiger partial charge is 0.124 e. The van der Waals surface area contributed by atoms with E-state index in [1.807, 2.05) is 55.5 Å². The first kappa shape index (κ1) is 15.7. The molecule has 0 aromatic heterocycles. The summed E-state index contributed by atoms with van der Waals surface area (Å²) in [6.45, 7) is 2.63. The van der Waals surface area contributed by atoms with Crippen LogP contribution in [0.25, 0.3) is 0 Å². The highest BCUT2D eigenvalue weighted by atomic mass is 32.2. The van der Waals surface area contributed by atoms with Gasteiger partial charge in [-0.3, -0.25) is 0 Å². The third-order valence-electron chi connectivity index (χ3n) is 3.11. The minimum atomic E-state index is -0.0557. The maximum atomic E-state index is 6.30. The van der Waals surface area contributed by atoms with Crippen LogP contribution in [0, 0.1) is 0 Å². The van der Waals surface area contributed by atoms with Crippen LogP contribution in [0.5, 0.6) is 11.5 Å². The van der Waals surface area contributed by atoms with E-state index in [4.69, 9.17) is 15.2 Å². The summed E-state index contributed by atoms with van der Waals surface area (Å²) in [5.41, 5.74) is 7.36. The molecule has 2 N–H and O–H groups in total. The molecular weight excluding hydrogens is 282 g/mol. The van der Waals surface area contributed by atoms with Gasteiger partial charge in [-0.2, -0.15) is 0 Å². The minimum Gasteiger partial charge on any atom is -0.497 e. The fourth-order valence-corrected chi connectivity index (χ4v) is 2.90. The van der Waals surface area contributed by atoms with Gasteiger partial charge in [0.25, 0.3) is 0 Å². The Labute approximate surface area is 130 Å². The Morgan fingerprint density at radius 1 is 1.10 bits per heavy atom. The van der Waals surface area contributed by atoms with Crippen LogP contribution in [0.3, 0.4) is 0 Å². The monoisotopic (exact) mass is 303 g/mol. The molecule has 2 aromatic carbocycles. The number of ether oxygens (including phenoxy) is 2. The molecule has 0 aliphatic rings. The number of thioether (sulfide) groups is 1. The molecule has 21 heavy (non-hydrogen) atoms. The predicted molar refractivity (Wildman–Crippen MR) is 88.3 cm³/mol. The Hall–Kier alpha value is -1.65. The van der Waals surface area contributed by atoms with E-state index in [1.54, 1.807) is 18.9 Å². The minimum absolute atomic E-state index is 0.0557. The second-order valence-electron chi connectivity index (χ2n) is 4.56. The first-order valence-electron chi connectivity index (χ1n) is 6.98. The van der Waals surface area contributed by atoms with Crippen LogP contribution >= 0.6 is 11.8 Å². The van der Waals surface area contributed by atoms with Crippen LogP contribution in [0.2, 0.25) is 0 Å². The largest absolute Gasteiger partial charge is 0.497 e. The molecule has 0 heterocycles. The van der Waals surface area contributed by atoms with Gasteiger partial charge in [-0.05, 0) is 37.3 Å². The molecule has 0 aliphatic heterocycles. The maximum Gasteiger partial charge on any atom is 0.124 e. The summed E-state index contributed by atoms with van der Waals surface area (Å²) >= 11 is 1.73. The van der Waals surface area contributed by atoms with Crippen molar-refractivity contribution in [2.75, 3.05) is 19.5 Å². The summed E-state index contributed by atoms with van der Waals surface area (Å²) in [6, 6.07) is 15.9. The topological polar surface area (TPSA) is 44.5 Å². The van der Waals surface area contributed by atoms with Gasteiger partial charge in [0.15, 0.2) is 0 Å². The standard InChI is InChI=1S/C17H21NO2S/c1-3-20-17-7-5-4-6-15(17)16(18)12-21-14-10-8-13(19-2)9-11-14/h4-11,16H,3,12,18H2,1-2H3. The molecule has 2 aromatic rings. The van der Waals surface area contributed by atoms with Gasteiger partial charge in [0.2, 0.25) is 0 Å². The second kappa shape index (κ2) is 7.96. The second-order valence-corrected chi connectivity index (χ2v) is 5.66. The summed E-state index contributed by atoms with van der Waals surface area (Å²) in [4.78, 5) is 1.18. The molecule has 0 amide bonds. The van der Waals surface area contributed by atoms with E-state index in [9.17, 15) is 0 Å². The highest BCUT2D eigenvalue weighted by molar-refractivity contribution is 7.99. The summed E-state index contributed by atoms with van der Waals surface area (Å²) in [5.74, 6) is 2.55. The lowest BCUT2D eigenvalue weighted by Crippen LogP contribution is -2.14. The van der Waals surface area contributed by atoms with E-state index in [0.717, 1.165) is 22.8 Å². The van der Waals surface area contributed by atoms with Crippen molar-refractivity contribution in [2.45, 2.75) is 17.9 Å². The quantitative estimate of drug-likeness (QED) is 0.788. The zero-order valence-electron chi connectivity index (χ0n) is 12.4. The van der Waals surface area contributed by atoms with Crippen molar-refractivity contribution < 1.29 is 9.47 Å². The molecule has 0 radical (unpaired) electrons. The first-order valence-corrected chi connectivity index (χ1v) is 7.97. The lowest BCUT2D eigenvalue weighted by molar-refractivity contribution is 0.335. The van der Waals surface area contributed by atoms with Crippen LogP contribution in [-0.2, 0) is 0 Å². The molecule has 0 spiro atoms. The summed E-state index contributed by atoms with van der Waals surface area (Å²) in [5, 5.41) is 0. The molecule has 3 nitrogen and oxygen atoms in total. The van der Waals surface area contributed by atoms with Crippen molar-refractivity contribution in [1.82, 2.24) is 0 Å². The molecule has 2 rings (SSSR count). The van der Waals surface area contributed by atoms with Crippen LogP contribution < -0.4 is 15.2 Å². The van der Waals surface area contributed by atoms with Crippen molar-refractivity contribution in [3.63, 3.8) is 0 Å². The van der Waals surface area contributed by atoms with Crippen molar-refractivity contribution in [3.8, 4) is 11.5 Å². The van der Waals surface area contributed by atoms with Crippen molar-refractivity contribution >= 4 is 11.8 Å². The number of benzene rings is 2. The summed E-state index contributed by atoms with van der Waals surface area (Å²) in [6.07, 6.45) is 0. The average molecular weight is 303 g/mol. The molecule has 4 heteroatoms. The number of para-hydroxylation sites is 1. The van der Waals surface area contributed by atoms with Gasteiger partial charge in [-0.1, -0.05) is 18.2 Å². The molecule has 1 unspecified atom stereocenters. The number of hydrogen-bond acceptors (Lipinski definition) is 4. The van der Waals surface area contributed by atoms with E-state index >= 15 is 0 Å². The van der Waals surface area contributed by atoms with Crippen LogP contribution in [0.4, 0.5) is 0 Å². The normalized spacial score (nSPS) is 12.0. The molecule has 112 valence electrons. The number of nitrogens with two attached hydrogens (primary N) is 1. The molecule has 0 saturated carbocycles. The van der Waals surface area contributed by atoms with Gasteiger partial charge in [0.1, 0.15) is 11.5 Å². The van der Waals surface area contributed by atoms with E-state index in [0.29, 0.717) is 6.61 Å². The van der Waals surface area contributed by atoms with Crippen LogP contribution in [-0.4, -0.2) is 19.5 Å². The Balaban J connectivity index is 1.99. The third-order valence-corrected chi connectivity index (χ3v) is 4.24. The first-order chi connectivity index (χ1) is 10.2. The molecule has 1 atom stereocenters. The zero-order valence-corrected chi connectivity index (χ0v) is 13.2. The highest BCUT2D eigenvalue weighted by Gasteiger charge is 2.12. The molecule has 0 bridgehead atoms. The van der Waals surface area contributed by atoms with E-state index < -0.39 is 0 Å². The number of methoxy groups -OCH3 is 1. The van der Waals surface area contributed by atoms with Gasteiger partial charge in [-0.15, -0.1) is 11.8 Å². The third kappa shape index (κ3) is 4.41. The van der Waals surface area contributed by atoms with Crippen molar-refractivity contribution in [1.29, 1.82) is 0 Å². The Morgan fingerprint density at radius 3 is 2.48 bits per heavy atom. The maximum absolute atomic E-state index is 6.30. The number of hydrogen-bond donors (Lipinski definition) is 1. The lowest BCUT2D eigenvalue weighted by Gasteiger charge is -2.16. The predicted octanol–water partition coefficient (Wildman–Crippen LogP) is 3.89. The van der Waals surface area contributed by atoms with Crippen LogP contribution in [0.15, 0.2) is 53.4 Å². The van der Waals surface area contributed by atoms with Crippen molar-refractivity contribution in [3.05, 3.63) is 54.1 Å². The Bertz CT molecular complexity index is 557. The molecule has 0 fully saturated rings. The van der Waals surface area contributed by atoms with Crippen LogP contribution in [0.1, 0.15) is 18.5 Å². The van der Waals surface area contributed by atoms with Gasteiger partial charge in [-0.25, -0.2) is 0 Å². The fraction of sp³-hybridized carbons (Fsp3) is 0.294. The van der Waals surface area contributed by atoms with Gasteiger partial charge in [0, 0.05) is 22.3 Å². The molecular formula is C17H21NO2S. The van der Waals surface area contributed by atoms with Gasteiger partial charge >= 0.3 is 0 Å². The average Bonchev–Trinajstić information content (AvgIpc) is 2.54. The summed E-state index contributed by atoms with van der Waals surface area (Å²) < 4.78 is 10.8. The lowest BCUT2D eigenvalue weighted by atomic mass is 10.1. The number of rotatable bonds is 7. The van der Waals surface area contributed by atoms with E-state index in [1.165, 1.54) is 4.90 Å². The molecule has 0 saturated heterocycles. The zero-order chi connectivity index (χ0) is 15.1. The SMILES string of the molecule is CCOc1ccccc1C(N)CSc1ccc(OC)cc1. The Kier molecular flexibility index (Phi) is 5.96.